The van der Waals surface area contributed by atoms with Gasteiger partial charge in [-0.15, -0.1) is 0 Å². The van der Waals surface area contributed by atoms with Crippen LogP contribution in [0.4, 0.5) is 0 Å². The van der Waals surface area contributed by atoms with E-state index in [2.05, 4.69) is 9.97 Å². The van der Waals surface area contributed by atoms with Gasteiger partial charge < -0.3 is 14.6 Å². The third kappa shape index (κ3) is 4.31. The average molecular weight is 355 g/mol. The summed E-state index contributed by atoms with van der Waals surface area (Å²) in [4.78, 5) is 33.5. The number of carbonyl (C=O) groups excluding carboxylic acids is 1. The van der Waals surface area contributed by atoms with Gasteiger partial charge in [-0.2, -0.15) is 0 Å². The molecule has 2 aromatic rings. The van der Waals surface area contributed by atoms with Gasteiger partial charge in [0.2, 0.25) is 0 Å². The van der Waals surface area contributed by atoms with E-state index in [-0.39, 0.29) is 23.5 Å². The van der Waals surface area contributed by atoms with Crippen LogP contribution in [0.25, 0.3) is 0 Å². The first-order valence-corrected chi connectivity index (χ1v) is 9.06. The minimum Gasteiger partial charge on any atom is -0.491 e. The Hall–Kier alpha value is -2.63. The molecule has 0 saturated carbocycles. The number of H-pyrrole nitrogens is 1. The third-order valence-electron chi connectivity index (χ3n) is 4.48. The molecule has 138 valence electrons. The second-order valence-corrected chi connectivity index (χ2v) is 7.04. The number of aromatic amines is 1. The lowest BCUT2D eigenvalue weighted by Gasteiger charge is -2.32. The molecule has 0 radical (unpaired) electrons. The molecule has 26 heavy (non-hydrogen) atoms. The molecule has 0 spiro atoms. The number of piperidine rings is 1. The van der Waals surface area contributed by atoms with Crippen LogP contribution in [-0.2, 0) is 0 Å². The second kappa shape index (κ2) is 7.72. The predicted octanol–water partition coefficient (Wildman–Crippen LogP) is 2.89. The number of benzene rings is 1. The summed E-state index contributed by atoms with van der Waals surface area (Å²) in [6.45, 7) is 7.02. The Kier molecular flexibility index (Phi) is 5.40. The van der Waals surface area contributed by atoms with Gasteiger partial charge in [0.05, 0.1) is 11.8 Å². The lowest BCUT2D eigenvalue weighted by molar-refractivity contribution is 0.0706. The fourth-order valence-corrected chi connectivity index (χ4v) is 3.35. The standard InChI is InChI=1S/C20H25N3O3/c1-13(2)26-17-8-6-15(7-9-17)20(25)23-10-4-5-16(12-23)18-11-19(24)22-14(3)21-18/h6-9,11,13,16H,4-5,10,12H2,1-3H3,(H,21,22,24)/t16-/m0/s1. The van der Waals surface area contributed by atoms with Crippen LogP contribution in [0, 0.1) is 6.92 Å². The molecule has 1 fully saturated rings. The topological polar surface area (TPSA) is 75.3 Å². The van der Waals surface area contributed by atoms with Crippen LogP contribution in [-0.4, -0.2) is 40.0 Å². The third-order valence-corrected chi connectivity index (χ3v) is 4.48. The van der Waals surface area contributed by atoms with E-state index in [9.17, 15) is 9.59 Å². The van der Waals surface area contributed by atoms with Gasteiger partial charge in [-0.05, 0) is 57.9 Å². The van der Waals surface area contributed by atoms with Gasteiger partial charge in [-0.1, -0.05) is 0 Å². The van der Waals surface area contributed by atoms with Crippen molar-refractivity contribution in [3.63, 3.8) is 0 Å². The van der Waals surface area contributed by atoms with Gasteiger partial charge >= 0.3 is 0 Å². The first kappa shape index (κ1) is 18.2. The normalized spacial score (nSPS) is 17.4. The summed E-state index contributed by atoms with van der Waals surface area (Å²) in [5.41, 5.74) is 1.28. The van der Waals surface area contributed by atoms with E-state index in [1.165, 1.54) is 0 Å². The number of likely N-dealkylation sites (tertiary alicyclic amines) is 1. The molecule has 3 rings (SSSR count). The highest BCUT2D eigenvalue weighted by Gasteiger charge is 2.26. The van der Waals surface area contributed by atoms with Crippen molar-refractivity contribution in [2.24, 2.45) is 0 Å². The van der Waals surface area contributed by atoms with Crippen molar-refractivity contribution < 1.29 is 9.53 Å². The number of nitrogens with one attached hydrogen (secondary N) is 1. The lowest BCUT2D eigenvalue weighted by Crippen LogP contribution is -2.39. The number of aryl methyl sites for hydroxylation is 1. The first-order valence-electron chi connectivity index (χ1n) is 9.06. The molecule has 0 bridgehead atoms. The van der Waals surface area contributed by atoms with Crippen LogP contribution in [0.5, 0.6) is 5.75 Å². The van der Waals surface area contributed by atoms with E-state index in [0.29, 0.717) is 17.9 Å². The largest absolute Gasteiger partial charge is 0.491 e. The van der Waals surface area contributed by atoms with E-state index in [0.717, 1.165) is 30.8 Å². The number of carbonyl (C=O) groups is 1. The van der Waals surface area contributed by atoms with Crippen molar-refractivity contribution >= 4 is 5.91 Å². The molecule has 0 unspecified atom stereocenters. The molecule has 1 aromatic heterocycles. The molecule has 1 atom stereocenters. The van der Waals surface area contributed by atoms with Gasteiger partial charge in [0, 0.05) is 30.6 Å². The highest BCUT2D eigenvalue weighted by molar-refractivity contribution is 5.94. The number of ether oxygens (including phenoxy) is 1. The van der Waals surface area contributed by atoms with Crippen molar-refractivity contribution in [1.82, 2.24) is 14.9 Å². The van der Waals surface area contributed by atoms with E-state index in [1.54, 1.807) is 25.1 Å². The maximum Gasteiger partial charge on any atom is 0.253 e. The minimum absolute atomic E-state index is 0.00681. The van der Waals surface area contributed by atoms with Crippen LogP contribution >= 0.6 is 0 Å². The second-order valence-electron chi connectivity index (χ2n) is 7.04. The summed E-state index contributed by atoms with van der Waals surface area (Å²) in [6.07, 6.45) is 1.93. The number of amides is 1. The Morgan fingerprint density at radius 1 is 1.31 bits per heavy atom. The molecule has 6 nitrogen and oxygen atoms in total. The molecule has 0 aliphatic carbocycles. The fraction of sp³-hybridized carbons (Fsp3) is 0.450. The van der Waals surface area contributed by atoms with Gasteiger partial charge in [-0.25, -0.2) is 4.98 Å². The molecular formula is C20H25N3O3. The number of aromatic nitrogens is 2. The summed E-state index contributed by atoms with van der Waals surface area (Å²) >= 11 is 0. The first-order chi connectivity index (χ1) is 12.4. The van der Waals surface area contributed by atoms with E-state index in [1.807, 2.05) is 30.9 Å². The maximum absolute atomic E-state index is 12.8. The maximum atomic E-state index is 12.8. The summed E-state index contributed by atoms with van der Waals surface area (Å²) in [7, 11) is 0. The molecule has 1 N–H and O–H groups in total. The molecule has 1 aliphatic rings. The van der Waals surface area contributed by atoms with Gasteiger partial charge in [0.25, 0.3) is 11.5 Å². The number of hydrogen-bond donors (Lipinski definition) is 1. The van der Waals surface area contributed by atoms with Crippen LogP contribution in [0.2, 0.25) is 0 Å². The quantitative estimate of drug-likeness (QED) is 0.915. The van der Waals surface area contributed by atoms with Crippen LogP contribution in [0.1, 0.15) is 54.5 Å². The number of hydrogen-bond acceptors (Lipinski definition) is 4. The molecule has 1 amide bonds. The molecule has 1 aromatic carbocycles. The Bertz CT molecular complexity index is 827. The monoisotopic (exact) mass is 355 g/mol. The summed E-state index contributed by atoms with van der Waals surface area (Å²) in [6, 6.07) is 8.81. The van der Waals surface area contributed by atoms with Crippen molar-refractivity contribution in [2.75, 3.05) is 13.1 Å². The van der Waals surface area contributed by atoms with E-state index < -0.39 is 0 Å². The van der Waals surface area contributed by atoms with E-state index in [4.69, 9.17) is 4.74 Å². The molecule has 1 aliphatic heterocycles. The minimum atomic E-state index is -0.142. The summed E-state index contributed by atoms with van der Waals surface area (Å²) in [5, 5.41) is 0. The SMILES string of the molecule is Cc1nc([C@H]2CCCN(C(=O)c3ccc(OC(C)C)cc3)C2)cc(=O)[nH]1. The highest BCUT2D eigenvalue weighted by atomic mass is 16.5. The summed E-state index contributed by atoms with van der Waals surface area (Å²) < 4.78 is 5.63. The number of rotatable bonds is 4. The Balaban J connectivity index is 1.72. The highest BCUT2D eigenvalue weighted by Crippen LogP contribution is 2.26. The Morgan fingerprint density at radius 2 is 2.04 bits per heavy atom. The predicted molar refractivity (Wildman–Crippen MR) is 99.7 cm³/mol. The smallest absolute Gasteiger partial charge is 0.253 e. The van der Waals surface area contributed by atoms with Crippen LogP contribution in [0.15, 0.2) is 35.1 Å². The van der Waals surface area contributed by atoms with Crippen molar-refractivity contribution in [3.8, 4) is 5.75 Å². The lowest BCUT2D eigenvalue weighted by atomic mass is 9.94. The molecular weight excluding hydrogens is 330 g/mol. The van der Waals surface area contributed by atoms with E-state index >= 15 is 0 Å². The van der Waals surface area contributed by atoms with Crippen molar-refractivity contribution in [3.05, 3.63) is 57.8 Å². The van der Waals surface area contributed by atoms with Crippen molar-refractivity contribution in [1.29, 1.82) is 0 Å². The van der Waals surface area contributed by atoms with Gasteiger partial charge in [-0.3, -0.25) is 9.59 Å². The average Bonchev–Trinajstić information content (AvgIpc) is 2.60. The Labute approximate surface area is 153 Å². The van der Waals surface area contributed by atoms with Crippen LogP contribution in [0.3, 0.4) is 0 Å². The number of nitrogens with zero attached hydrogens (tertiary/aromatic N) is 2. The van der Waals surface area contributed by atoms with Gasteiger partial charge in [0.15, 0.2) is 0 Å². The zero-order valence-electron chi connectivity index (χ0n) is 15.5. The molecule has 6 heteroatoms. The fourth-order valence-electron chi connectivity index (χ4n) is 3.35. The van der Waals surface area contributed by atoms with Crippen molar-refractivity contribution in [2.45, 2.75) is 45.6 Å². The molecule has 2 heterocycles. The Morgan fingerprint density at radius 3 is 2.69 bits per heavy atom. The zero-order valence-corrected chi connectivity index (χ0v) is 15.5. The van der Waals surface area contributed by atoms with Gasteiger partial charge in [0.1, 0.15) is 11.6 Å². The molecule has 1 saturated heterocycles. The van der Waals surface area contributed by atoms with Crippen LogP contribution < -0.4 is 10.3 Å². The summed E-state index contributed by atoms with van der Waals surface area (Å²) in [5.74, 6) is 1.47. The zero-order chi connectivity index (χ0) is 18.7.